The average molecular weight is 500 g/mol. The van der Waals surface area contributed by atoms with Gasteiger partial charge in [-0.15, -0.1) is 0 Å². The van der Waals surface area contributed by atoms with Gasteiger partial charge >= 0.3 is 12.1 Å². The molecule has 6 nitrogen and oxygen atoms in total. The quantitative estimate of drug-likeness (QED) is 0.194. The van der Waals surface area contributed by atoms with Gasteiger partial charge in [0.15, 0.2) is 6.10 Å². The monoisotopic (exact) mass is 500 g/mol. The van der Waals surface area contributed by atoms with Gasteiger partial charge < -0.3 is 18.6 Å². The van der Waals surface area contributed by atoms with E-state index in [1.807, 2.05) is 19.1 Å². The van der Waals surface area contributed by atoms with Gasteiger partial charge in [-0.25, -0.2) is 4.79 Å². The maximum atomic E-state index is 13.9. The summed E-state index contributed by atoms with van der Waals surface area (Å²) in [6, 6.07) is 15.7. The van der Waals surface area contributed by atoms with E-state index in [1.54, 1.807) is 18.2 Å². The largest absolute Gasteiger partial charge is 0.479 e. The van der Waals surface area contributed by atoms with Crippen molar-refractivity contribution in [1.82, 2.24) is 0 Å². The second-order valence-corrected chi connectivity index (χ2v) is 8.14. The SMILES string of the molecule is CCCCOC(=O)[C@@H](C)Oc1ccc2c(=O)c(Oc3ccc4ccccc4c3)c(C(F)(F)F)oc2c1. The van der Waals surface area contributed by atoms with Crippen molar-refractivity contribution < 1.29 is 36.6 Å². The summed E-state index contributed by atoms with van der Waals surface area (Å²) in [7, 11) is 0. The van der Waals surface area contributed by atoms with Crippen LogP contribution in [0.5, 0.6) is 17.2 Å². The molecule has 1 aromatic heterocycles. The third kappa shape index (κ3) is 5.45. The first kappa shape index (κ1) is 25.1. The number of hydrogen-bond donors (Lipinski definition) is 0. The minimum Gasteiger partial charge on any atom is -0.479 e. The Morgan fingerprint density at radius 1 is 1.00 bits per heavy atom. The van der Waals surface area contributed by atoms with Crippen molar-refractivity contribution in [3.63, 3.8) is 0 Å². The van der Waals surface area contributed by atoms with E-state index in [9.17, 15) is 22.8 Å². The van der Waals surface area contributed by atoms with E-state index in [0.717, 1.165) is 23.3 Å². The molecule has 0 unspecified atom stereocenters. The van der Waals surface area contributed by atoms with Gasteiger partial charge in [0, 0.05) is 6.07 Å². The first-order valence-corrected chi connectivity index (χ1v) is 11.4. The van der Waals surface area contributed by atoms with Crippen molar-refractivity contribution in [3.05, 3.63) is 76.6 Å². The normalized spacial score (nSPS) is 12.5. The number of carbonyl (C=O) groups is 1. The summed E-state index contributed by atoms with van der Waals surface area (Å²) in [5, 5.41) is 1.46. The lowest BCUT2D eigenvalue weighted by atomic mass is 10.1. The molecule has 0 radical (unpaired) electrons. The van der Waals surface area contributed by atoms with E-state index in [1.165, 1.54) is 31.2 Å². The van der Waals surface area contributed by atoms with Crippen LogP contribution in [0.1, 0.15) is 32.4 Å². The Labute approximate surface area is 204 Å². The van der Waals surface area contributed by atoms with Gasteiger partial charge in [-0.2, -0.15) is 13.2 Å². The fraction of sp³-hybridized carbons (Fsp3) is 0.259. The van der Waals surface area contributed by atoms with E-state index in [-0.39, 0.29) is 29.1 Å². The number of fused-ring (bicyclic) bond motifs is 2. The highest BCUT2D eigenvalue weighted by molar-refractivity contribution is 5.84. The summed E-state index contributed by atoms with van der Waals surface area (Å²) in [4.78, 5) is 25.1. The van der Waals surface area contributed by atoms with E-state index in [0.29, 0.717) is 6.42 Å². The molecule has 0 spiro atoms. The maximum Gasteiger partial charge on any atom is 0.453 e. The molecule has 4 rings (SSSR count). The highest BCUT2D eigenvalue weighted by atomic mass is 19.4. The van der Waals surface area contributed by atoms with Crippen LogP contribution in [0.15, 0.2) is 69.9 Å². The third-order valence-corrected chi connectivity index (χ3v) is 5.41. The van der Waals surface area contributed by atoms with Crippen LogP contribution in [-0.2, 0) is 15.7 Å². The summed E-state index contributed by atoms with van der Waals surface area (Å²) >= 11 is 0. The number of ether oxygens (including phenoxy) is 3. The molecule has 0 fully saturated rings. The molecule has 0 N–H and O–H groups in total. The van der Waals surface area contributed by atoms with Crippen LogP contribution in [-0.4, -0.2) is 18.7 Å². The molecule has 4 aromatic rings. The molecule has 0 aliphatic rings. The van der Waals surface area contributed by atoms with E-state index in [2.05, 4.69) is 0 Å². The lowest BCUT2D eigenvalue weighted by molar-refractivity contribution is -0.154. The number of alkyl halides is 3. The molecule has 0 amide bonds. The zero-order valence-electron chi connectivity index (χ0n) is 19.6. The van der Waals surface area contributed by atoms with Gasteiger partial charge in [-0.1, -0.05) is 43.7 Å². The molecule has 0 bridgehead atoms. The minimum atomic E-state index is -5.01. The van der Waals surface area contributed by atoms with Crippen molar-refractivity contribution in [2.45, 2.75) is 39.0 Å². The summed E-state index contributed by atoms with van der Waals surface area (Å²) in [5.41, 5.74) is -1.35. The molecule has 3 aromatic carbocycles. The molecule has 0 aliphatic carbocycles. The van der Waals surface area contributed by atoms with Crippen LogP contribution in [0.3, 0.4) is 0 Å². The number of rotatable bonds is 8. The summed E-state index contributed by atoms with van der Waals surface area (Å²) in [5.74, 6) is -3.05. The maximum absolute atomic E-state index is 13.9. The Morgan fingerprint density at radius 2 is 1.72 bits per heavy atom. The molecule has 0 saturated carbocycles. The van der Waals surface area contributed by atoms with Crippen LogP contribution >= 0.6 is 0 Å². The molecular formula is C27H23F3O6. The molecule has 1 atom stereocenters. The lowest BCUT2D eigenvalue weighted by Gasteiger charge is -2.16. The van der Waals surface area contributed by atoms with Gasteiger partial charge in [-0.3, -0.25) is 4.79 Å². The standard InChI is InChI=1S/C27H23F3O6/c1-3-4-13-33-26(32)16(2)34-20-11-12-21-22(15-20)36-25(27(28,29)30)24(23(21)31)35-19-10-9-17-7-5-6-8-18(17)14-19/h5-12,14-16H,3-4,13H2,1-2H3/t16-/m1/s1. The molecule has 9 heteroatoms. The zero-order valence-corrected chi connectivity index (χ0v) is 19.6. The van der Waals surface area contributed by atoms with Crippen LogP contribution in [0.4, 0.5) is 13.2 Å². The first-order valence-electron chi connectivity index (χ1n) is 11.4. The van der Waals surface area contributed by atoms with Crippen LogP contribution in [0.25, 0.3) is 21.7 Å². The van der Waals surface area contributed by atoms with Crippen LogP contribution in [0, 0.1) is 0 Å². The highest BCUT2D eigenvalue weighted by Crippen LogP contribution is 2.39. The molecule has 0 aliphatic heterocycles. The molecular weight excluding hydrogens is 477 g/mol. The van der Waals surface area contributed by atoms with Crippen molar-refractivity contribution >= 4 is 27.7 Å². The molecule has 1 heterocycles. The Kier molecular flexibility index (Phi) is 7.19. The van der Waals surface area contributed by atoms with E-state index < -0.39 is 35.2 Å². The lowest BCUT2D eigenvalue weighted by Crippen LogP contribution is -2.26. The predicted octanol–water partition coefficient (Wildman–Crippen LogP) is 6.87. The second kappa shape index (κ2) is 10.3. The highest BCUT2D eigenvalue weighted by Gasteiger charge is 2.40. The fourth-order valence-electron chi connectivity index (χ4n) is 3.54. The number of halogens is 3. The van der Waals surface area contributed by atoms with Crippen molar-refractivity contribution in [2.24, 2.45) is 0 Å². The van der Waals surface area contributed by atoms with Crippen LogP contribution in [0.2, 0.25) is 0 Å². The Bertz CT molecular complexity index is 1460. The zero-order chi connectivity index (χ0) is 25.9. The first-order chi connectivity index (χ1) is 17.2. The Hall–Kier alpha value is -4.01. The third-order valence-electron chi connectivity index (χ3n) is 5.41. The van der Waals surface area contributed by atoms with E-state index in [4.69, 9.17) is 18.6 Å². The summed E-state index contributed by atoms with van der Waals surface area (Å²) < 4.78 is 62.7. The van der Waals surface area contributed by atoms with Gasteiger partial charge in [0.05, 0.1) is 12.0 Å². The minimum absolute atomic E-state index is 0.0434. The van der Waals surface area contributed by atoms with Crippen molar-refractivity contribution in [1.29, 1.82) is 0 Å². The van der Waals surface area contributed by atoms with Crippen molar-refractivity contribution in [2.75, 3.05) is 6.61 Å². The number of carbonyl (C=O) groups excluding carboxylic acids is 1. The predicted molar refractivity (Wildman–Crippen MR) is 127 cm³/mol. The molecule has 0 saturated heterocycles. The molecule has 188 valence electrons. The van der Waals surface area contributed by atoms with Crippen molar-refractivity contribution in [3.8, 4) is 17.2 Å². The van der Waals surface area contributed by atoms with Gasteiger partial charge in [0.1, 0.15) is 17.1 Å². The Morgan fingerprint density at radius 3 is 2.44 bits per heavy atom. The topological polar surface area (TPSA) is 75.0 Å². The average Bonchev–Trinajstić information content (AvgIpc) is 2.85. The van der Waals surface area contributed by atoms with Gasteiger partial charge in [0.25, 0.3) is 5.76 Å². The summed E-state index contributed by atoms with van der Waals surface area (Å²) in [6.07, 6.45) is -4.47. The fourth-order valence-corrected chi connectivity index (χ4v) is 3.54. The second-order valence-electron chi connectivity index (χ2n) is 8.14. The number of unbranched alkanes of at least 4 members (excludes halogenated alkanes) is 1. The molecule has 36 heavy (non-hydrogen) atoms. The summed E-state index contributed by atoms with van der Waals surface area (Å²) in [6.45, 7) is 3.64. The number of hydrogen-bond acceptors (Lipinski definition) is 6. The number of esters is 1. The smallest absolute Gasteiger partial charge is 0.453 e. The Balaban J connectivity index is 1.68. The van der Waals surface area contributed by atoms with Gasteiger partial charge in [-0.05, 0) is 48.4 Å². The number of benzene rings is 3. The van der Waals surface area contributed by atoms with Crippen LogP contribution < -0.4 is 14.9 Å². The van der Waals surface area contributed by atoms with Gasteiger partial charge in [0.2, 0.25) is 11.2 Å². The van der Waals surface area contributed by atoms with E-state index >= 15 is 0 Å².